The van der Waals surface area contributed by atoms with E-state index in [-0.39, 0.29) is 5.56 Å². The van der Waals surface area contributed by atoms with Gasteiger partial charge in [-0.05, 0) is 43.9 Å². The molecule has 120 valence electrons. The maximum Gasteiger partial charge on any atom is 0.326 e. The predicted molar refractivity (Wildman–Crippen MR) is 82.5 cm³/mol. The average molecular weight is 315 g/mol. The van der Waals surface area contributed by atoms with Crippen molar-refractivity contribution in [1.82, 2.24) is 14.3 Å². The third kappa shape index (κ3) is 2.69. The second kappa shape index (κ2) is 5.83. The molecule has 2 aromatic rings. The van der Waals surface area contributed by atoms with Crippen LogP contribution in [0.25, 0.3) is 5.65 Å². The molecule has 0 aromatic carbocycles. The van der Waals surface area contributed by atoms with Crippen molar-refractivity contribution < 1.29 is 14.7 Å². The number of rotatable bonds is 2. The van der Waals surface area contributed by atoms with Gasteiger partial charge in [0.25, 0.3) is 11.5 Å². The van der Waals surface area contributed by atoms with E-state index < -0.39 is 23.5 Å². The van der Waals surface area contributed by atoms with Crippen molar-refractivity contribution in [3.63, 3.8) is 0 Å². The first kappa shape index (κ1) is 15.2. The smallest absolute Gasteiger partial charge is 0.326 e. The molecule has 0 aliphatic carbocycles. The summed E-state index contributed by atoms with van der Waals surface area (Å²) in [6.45, 7) is 2.22. The lowest BCUT2D eigenvalue weighted by molar-refractivity contribution is -0.143. The summed E-state index contributed by atoms with van der Waals surface area (Å²) in [5.41, 5.74) is 0.840. The molecule has 3 rings (SSSR count). The minimum absolute atomic E-state index is 0.0977. The van der Waals surface area contributed by atoms with Gasteiger partial charge in [-0.3, -0.25) is 14.0 Å². The Morgan fingerprint density at radius 2 is 2.13 bits per heavy atom. The molecule has 0 unspecified atom stereocenters. The number of likely N-dealkylation sites (tertiary alicyclic amines) is 1. The molecule has 0 saturated carbocycles. The molecule has 1 amide bonds. The van der Waals surface area contributed by atoms with Gasteiger partial charge in [0.2, 0.25) is 0 Å². The number of carboxylic acids is 1. The highest BCUT2D eigenvalue weighted by molar-refractivity contribution is 5.96. The van der Waals surface area contributed by atoms with E-state index in [2.05, 4.69) is 4.98 Å². The van der Waals surface area contributed by atoms with Crippen LogP contribution in [0.1, 0.15) is 35.2 Å². The lowest BCUT2D eigenvalue weighted by atomic mass is 10.0. The van der Waals surface area contributed by atoms with Crippen molar-refractivity contribution >= 4 is 17.5 Å². The van der Waals surface area contributed by atoms with Crippen molar-refractivity contribution in [2.45, 2.75) is 32.2 Å². The number of fused-ring (bicyclic) bond motifs is 1. The summed E-state index contributed by atoms with van der Waals surface area (Å²) in [6, 6.07) is 2.62. The largest absolute Gasteiger partial charge is 0.480 e. The summed E-state index contributed by atoms with van der Waals surface area (Å²) in [7, 11) is 0. The standard InChI is InChI=1S/C16H17N3O4/c1-10-5-7-19-13(8-10)17-9-11(15(19)21)14(20)18-6-3-2-4-12(18)16(22)23/h5,7-9,12H,2-4,6H2,1H3,(H,22,23)/t12-/m1/s1. The van der Waals surface area contributed by atoms with Crippen molar-refractivity contribution in [2.75, 3.05) is 6.54 Å². The maximum absolute atomic E-state index is 12.7. The minimum atomic E-state index is -1.04. The monoisotopic (exact) mass is 315 g/mol. The lowest BCUT2D eigenvalue weighted by Crippen LogP contribution is -2.49. The van der Waals surface area contributed by atoms with Gasteiger partial charge in [0.05, 0.1) is 0 Å². The first-order valence-corrected chi connectivity index (χ1v) is 7.51. The molecule has 1 aliphatic rings. The summed E-state index contributed by atoms with van der Waals surface area (Å²) < 4.78 is 1.31. The highest BCUT2D eigenvalue weighted by Crippen LogP contribution is 2.19. The highest BCUT2D eigenvalue weighted by atomic mass is 16.4. The molecule has 0 bridgehead atoms. The summed E-state index contributed by atoms with van der Waals surface area (Å²) in [4.78, 5) is 42.0. The Morgan fingerprint density at radius 3 is 2.87 bits per heavy atom. The fourth-order valence-corrected chi connectivity index (χ4v) is 2.91. The second-order valence-electron chi connectivity index (χ2n) is 5.76. The number of hydrogen-bond donors (Lipinski definition) is 1. The molecule has 1 aliphatic heterocycles. The van der Waals surface area contributed by atoms with Crippen LogP contribution >= 0.6 is 0 Å². The number of piperidine rings is 1. The first-order valence-electron chi connectivity index (χ1n) is 7.51. The van der Waals surface area contributed by atoms with Gasteiger partial charge in [-0.15, -0.1) is 0 Å². The topological polar surface area (TPSA) is 92.0 Å². The van der Waals surface area contributed by atoms with Gasteiger partial charge in [-0.1, -0.05) is 0 Å². The number of carboxylic acid groups (broad SMARTS) is 1. The molecule has 23 heavy (non-hydrogen) atoms. The van der Waals surface area contributed by atoms with Gasteiger partial charge in [0.15, 0.2) is 0 Å². The number of hydrogen-bond acceptors (Lipinski definition) is 4. The van der Waals surface area contributed by atoms with E-state index in [9.17, 15) is 19.5 Å². The van der Waals surface area contributed by atoms with E-state index in [1.54, 1.807) is 18.3 Å². The molecular formula is C16H17N3O4. The minimum Gasteiger partial charge on any atom is -0.480 e. The average Bonchev–Trinajstić information content (AvgIpc) is 2.54. The van der Waals surface area contributed by atoms with Crippen LogP contribution in [-0.4, -0.2) is 43.9 Å². The molecular weight excluding hydrogens is 298 g/mol. The third-order valence-electron chi connectivity index (χ3n) is 4.14. The first-order chi connectivity index (χ1) is 11.0. The van der Waals surface area contributed by atoms with Crippen LogP contribution in [0.4, 0.5) is 0 Å². The molecule has 7 heteroatoms. The third-order valence-corrected chi connectivity index (χ3v) is 4.14. The normalized spacial score (nSPS) is 18.1. The van der Waals surface area contributed by atoms with E-state index in [1.807, 2.05) is 6.92 Å². The van der Waals surface area contributed by atoms with E-state index in [0.29, 0.717) is 18.6 Å². The Labute approximate surface area is 132 Å². The van der Waals surface area contributed by atoms with Crippen molar-refractivity contribution in [1.29, 1.82) is 0 Å². The van der Waals surface area contributed by atoms with Crippen molar-refractivity contribution in [3.05, 3.63) is 46.0 Å². The zero-order chi connectivity index (χ0) is 16.6. The zero-order valence-corrected chi connectivity index (χ0v) is 12.7. The van der Waals surface area contributed by atoms with Gasteiger partial charge >= 0.3 is 5.97 Å². The van der Waals surface area contributed by atoms with E-state index >= 15 is 0 Å². The van der Waals surface area contributed by atoms with E-state index in [4.69, 9.17) is 0 Å². The molecule has 0 spiro atoms. The van der Waals surface area contributed by atoms with Gasteiger partial charge in [-0.25, -0.2) is 9.78 Å². The van der Waals surface area contributed by atoms with Gasteiger partial charge in [-0.2, -0.15) is 0 Å². The predicted octanol–water partition coefficient (Wildman–Crippen LogP) is 1.08. The number of amides is 1. The van der Waals surface area contributed by atoms with Crippen LogP contribution < -0.4 is 5.56 Å². The van der Waals surface area contributed by atoms with E-state index in [1.165, 1.54) is 15.5 Å². The second-order valence-corrected chi connectivity index (χ2v) is 5.76. The Morgan fingerprint density at radius 1 is 1.35 bits per heavy atom. The molecule has 1 atom stereocenters. The number of carbonyl (C=O) groups excluding carboxylic acids is 1. The van der Waals surface area contributed by atoms with Crippen molar-refractivity contribution in [2.24, 2.45) is 0 Å². The van der Waals surface area contributed by atoms with Crippen LogP contribution in [0.5, 0.6) is 0 Å². The molecule has 1 fully saturated rings. The molecule has 2 aromatic heterocycles. The fourth-order valence-electron chi connectivity index (χ4n) is 2.91. The number of pyridine rings is 1. The van der Waals surface area contributed by atoms with Gasteiger partial charge < -0.3 is 10.0 Å². The molecule has 0 radical (unpaired) electrons. The number of aromatic nitrogens is 2. The Kier molecular flexibility index (Phi) is 3.85. The lowest BCUT2D eigenvalue weighted by Gasteiger charge is -2.32. The number of aryl methyl sites for hydroxylation is 1. The van der Waals surface area contributed by atoms with Gasteiger partial charge in [0.1, 0.15) is 17.3 Å². The van der Waals surface area contributed by atoms with Crippen LogP contribution in [-0.2, 0) is 4.79 Å². The maximum atomic E-state index is 12.7. The van der Waals surface area contributed by atoms with Crippen LogP contribution in [0, 0.1) is 6.92 Å². The molecule has 7 nitrogen and oxygen atoms in total. The molecule has 1 N–H and O–H groups in total. The van der Waals surface area contributed by atoms with Crippen molar-refractivity contribution in [3.8, 4) is 0 Å². The molecule has 3 heterocycles. The molecule has 1 saturated heterocycles. The van der Waals surface area contributed by atoms with Crippen LogP contribution in [0.3, 0.4) is 0 Å². The quantitative estimate of drug-likeness (QED) is 0.895. The zero-order valence-electron chi connectivity index (χ0n) is 12.7. The van der Waals surface area contributed by atoms with Crippen LogP contribution in [0.2, 0.25) is 0 Å². The van der Waals surface area contributed by atoms with E-state index in [0.717, 1.165) is 18.4 Å². The Hall–Kier alpha value is -2.70. The van der Waals surface area contributed by atoms with Gasteiger partial charge in [0, 0.05) is 18.9 Å². The SMILES string of the molecule is Cc1ccn2c(=O)c(C(=O)N3CCCC[C@@H]3C(=O)O)cnc2c1. The number of aliphatic carboxylic acids is 1. The number of nitrogens with zero attached hydrogens (tertiary/aromatic N) is 3. The Bertz CT molecular complexity index is 843. The van der Waals surface area contributed by atoms with Crippen LogP contribution in [0.15, 0.2) is 29.3 Å². The highest BCUT2D eigenvalue weighted by Gasteiger charge is 2.33. The summed E-state index contributed by atoms with van der Waals surface area (Å²) >= 11 is 0. The fraction of sp³-hybridized carbons (Fsp3) is 0.375. The summed E-state index contributed by atoms with van der Waals surface area (Å²) in [6.07, 6.45) is 4.71. The Balaban J connectivity index is 2.03. The number of carbonyl (C=O) groups is 2. The summed E-state index contributed by atoms with van der Waals surface area (Å²) in [5, 5.41) is 9.28. The summed E-state index contributed by atoms with van der Waals surface area (Å²) in [5.74, 6) is -1.60.